The minimum absolute atomic E-state index is 0. The van der Waals surface area contributed by atoms with Gasteiger partial charge in [0.05, 0.1) is 6.04 Å². The van der Waals surface area contributed by atoms with Gasteiger partial charge >= 0.3 is 0 Å². The fourth-order valence-corrected chi connectivity index (χ4v) is 1.12. The van der Waals surface area contributed by atoms with Crippen LogP contribution in [0.5, 0.6) is 0 Å². The summed E-state index contributed by atoms with van der Waals surface area (Å²) in [6.07, 6.45) is 3.52. The van der Waals surface area contributed by atoms with Crippen LogP contribution in [-0.2, 0) is 6.61 Å². The fraction of sp³-hybridized carbons (Fsp3) is 0.400. The molecule has 0 aliphatic heterocycles. The topological polar surface area (TPSA) is 59.4 Å². The lowest BCUT2D eigenvalue weighted by Crippen LogP contribution is -2.08. The number of halogens is 1. The van der Waals surface area contributed by atoms with Crippen molar-refractivity contribution in [2.75, 3.05) is 0 Å². The molecule has 0 fully saturated rings. The van der Waals surface area contributed by atoms with Crippen LogP contribution in [0.4, 0.5) is 0 Å². The molecular formula is C10H16ClNO2. The Morgan fingerprint density at radius 2 is 2.29 bits per heavy atom. The second-order valence-corrected chi connectivity index (χ2v) is 2.93. The van der Waals surface area contributed by atoms with E-state index in [0.717, 1.165) is 18.6 Å². The molecule has 80 valence electrons. The number of aliphatic hydroxyl groups is 1. The van der Waals surface area contributed by atoms with Gasteiger partial charge in [-0.05, 0) is 25.0 Å². The van der Waals surface area contributed by atoms with Gasteiger partial charge in [0.2, 0.25) is 0 Å². The summed E-state index contributed by atoms with van der Waals surface area (Å²) < 4.78 is 5.28. The van der Waals surface area contributed by atoms with Gasteiger partial charge in [-0.15, -0.1) is 19.0 Å². The van der Waals surface area contributed by atoms with Crippen molar-refractivity contribution >= 4 is 12.4 Å². The molecule has 0 aliphatic carbocycles. The maximum Gasteiger partial charge on any atom is 0.129 e. The zero-order chi connectivity index (χ0) is 9.68. The second kappa shape index (κ2) is 6.65. The molecule has 3 nitrogen and oxygen atoms in total. The first-order chi connectivity index (χ1) is 6.27. The van der Waals surface area contributed by atoms with Gasteiger partial charge in [0.1, 0.15) is 18.1 Å². The Kier molecular flexibility index (Phi) is 6.28. The van der Waals surface area contributed by atoms with Gasteiger partial charge in [-0.2, -0.15) is 0 Å². The predicted molar refractivity (Wildman–Crippen MR) is 58.2 cm³/mol. The van der Waals surface area contributed by atoms with E-state index >= 15 is 0 Å². The maximum atomic E-state index is 8.76. The Labute approximate surface area is 90.0 Å². The highest BCUT2D eigenvalue weighted by Crippen LogP contribution is 2.18. The molecule has 1 aromatic rings. The summed E-state index contributed by atoms with van der Waals surface area (Å²) in [6.45, 7) is 3.55. The van der Waals surface area contributed by atoms with Gasteiger partial charge in [0.15, 0.2) is 0 Å². The Morgan fingerprint density at radius 1 is 1.57 bits per heavy atom. The molecule has 3 N–H and O–H groups in total. The molecule has 0 saturated heterocycles. The Bertz CT molecular complexity index is 273. The third-order valence-electron chi connectivity index (χ3n) is 1.89. The van der Waals surface area contributed by atoms with Crippen LogP contribution in [-0.4, -0.2) is 5.11 Å². The summed E-state index contributed by atoms with van der Waals surface area (Å²) in [6, 6.07) is 3.45. The van der Waals surface area contributed by atoms with Crippen LogP contribution in [0.1, 0.15) is 30.4 Å². The van der Waals surface area contributed by atoms with Gasteiger partial charge in [-0.1, -0.05) is 6.08 Å². The standard InChI is InChI=1S/C10H15NO2.ClH/c1-2-3-4-9(11)10-6-5-8(7-12)13-10;/h2,5-6,9,12H,1,3-4,7,11H2;1H/t9-;/m1./s1. The van der Waals surface area contributed by atoms with Crippen molar-refractivity contribution in [2.45, 2.75) is 25.5 Å². The van der Waals surface area contributed by atoms with Crippen LogP contribution in [0.15, 0.2) is 29.2 Å². The fourth-order valence-electron chi connectivity index (χ4n) is 1.12. The monoisotopic (exact) mass is 217 g/mol. The Balaban J connectivity index is 0.00000169. The van der Waals surface area contributed by atoms with Gasteiger partial charge in [0, 0.05) is 0 Å². The van der Waals surface area contributed by atoms with Crippen LogP contribution in [0.3, 0.4) is 0 Å². The Hall–Kier alpha value is -0.770. The average molecular weight is 218 g/mol. The summed E-state index contributed by atoms with van der Waals surface area (Å²) in [4.78, 5) is 0. The molecule has 0 radical (unpaired) electrons. The molecule has 0 amide bonds. The normalized spacial score (nSPS) is 11.9. The van der Waals surface area contributed by atoms with Crippen molar-refractivity contribution in [2.24, 2.45) is 5.73 Å². The lowest BCUT2D eigenvalue weighted by molar-refractivity contribution is 0.241. The number of furan rings is 1. The van der Waals surface area contributed by atoms with Gasteiger partial charge in [0.25, 0.3) is 0 Å². The molecule has 0 unspecified atom stereocenters. The molecule has 14 heavy (non-hydrogen) atoms. The number of hydrogen-bond acceptors (Lipinski definition) is 3. The first kappa shape index (κ1) is 13.2. The highest BCUT2D eigenvalue weighted by molar-refractivity contribution is 5.85. The minimum Gasteiger partial charge on any atom is -0.462 e. The molecule has 1 heterocycles. The number of aliphatic hydroxyl groups excluding tert-OH is 1. The zero-order valence-corrected chi connectivity index (χ0v) is 8.80. The minimum atomic E-state index is -0.0988. The van der Waals surface area contributed by atoms with E-state index in [1.807, 2.05) is 6.08 Å². The first-order valence-corrected chi connectivity index (χ1v) is 4.34. The van der Waals surface area contributed by atoms with Crippen molar-refractivity contribution < 1.29 is 9.52 Å². The number of hydrogen-bond donors (Lipinski definition) is 2. The van der Waals surface area contributed by atoms with Gasteiger partial charge in [-0.3, -0.25) is 0 Å². The summed E-state index contributed by atoms with van der Waals surface area (Å²) in [5.41, 5.74) is 5.83. The zero-order valence-electron chi connectivity index (χ0n) is 7.98. The number of rotatable bonds is 5. The lowest BCUT2D eigenvalue weighted by atomic mass is 10.1. The van der Waals surface area contributed by atoms with Crippen LogP contribution < -0.4 is 5.73 Å². The first-order valence-electron chi connectivity index (χ1n) is 4.34. The van der Waals surface area contributed by atoms with Gasteiger partial charge in [-0.25, -0.2) is 0 Å². The van der Waals surface area contributed by atoms with Crippen molar-refractivity contribution in [3.05, 3.63) is 36.3 Å². The summed E-state index contributed by atoms with van der Waals surface area (Å²) in [5.74, 6) is 1.29. The maximum absolute atomic E-state index is 8.76. The molecule has 1 atom stereocenters. The third kappa shape index (κ3) is 3.54. The van der Waals surface area contributed by atoms with Crippen LogP contribution >= 0.6 is 12.4 Å². The lowest BCUT2D eigenvalue weighted by Gasteiger charge is -2.05. The highest BCUT2D eigenvalue weighted by atomic mass is 35.5. The summed E-state index contributed by atoms with van der Waals surface area (Å²) >= 11 is 0. The van der Waals surface area contributed by atoms with E-state index in [0.29, 0.717) is 5.76 Å². The smallest absolute Gasteiger partial charge is 0.129 e. The second-order valence-electron chi connectivity index (χ2n) is 2.93. The highest BCUT2D eigenvalue weighted by Gasteiger charge is 2.09. The molecular weight excluding hydrogens is 202 g/mol. The van der Waals surface area contributed by atoms with Crippen LogP contribution in [0.2, 0.25) is 0 Å². The molecule has 1 aromatic heterocycles. The van der Waals surface area contributed by atoms with E-state index in [1.54, 1.807) is 12.1 Å². The molecule has 0 aliphatic rings. The predicted octanol–water partition coefficient (Wildman–Crippen LogP) is 2.16. The van der Waals surface area contributed by atoms with E-state index in [9.17, 15) is 0 Å². The molecule has 0 saturated carbocycles. The molecule has 0 aromatic carbocycles. The van der Waals surface area contributed by atoms with Crippen molar-refractivity contribution in [3.8, 4) is 0 Å². The molecule has 0 bridgehead atoms. The molecule has 4 heteroatoms. The molecule has 0 spiro atoms. The summed E-state index contributed by atoms with van der Waals surface area (Å²) in [7, 11) is 0. The van der Waals surface area contributed by atoms with E-state index in [4.69, 9.17) is 15.3 Å². The molecule has 1 rings (SSSR count). The third-order valence-corrected chi connectivity index (χ3v) is 1.89. The number of nitrogens with two attached hydrogens (primary N) is 1. The van der Waals surface area contributed by atoms with Crippen LogP contribution in [0.25, 0.3) is 0 Å². The van der Waals surface area contributed by atoms with Crippen molar-refractivity contribution in [1.82, 2.24) is 0 Å². The summed E-state index contributed by atoms with van der Waals surface area (Å²) in [5, 5.41) is 8.76. The average Bonchev–Trinajstić information content (AvgIpc) is 2.62. The van der Waals surface area contributed by atoms with E-state index in [1.165, 1.54) is 0 Å². The van der Waals surface area contributed by atoms with Crippen LogP contribution in [0, 0.1) is 0 Å². The van der Waals surface area contributed by atoms with Crippen molar-refractivity contribution in [1.29, 1.82) is 0 Å². The van der Waals surface area contributed by atoms with E-state index < -0.39 is 0 Å². The van der Waals surface area contributed by atoms with Gasteiger partial charge < -0.3 is 15.3 Å². The quantitative estimate of drug-likeness (QED) is 0.744. The largest absolute Gasteiger partial charge is 0.462 e. The van der Waals surface area contributed by atoms with Crippen molar-refractivity contribution in [3.63, 3.8) is 0 Å². The van der Waals surface area contributed by atoms with E-state index in [-0.39, 0.29) is 25.1 Å². The van der Waals surface area contributed by atoms with E-state index in [2.05, 4.69) is 6.58 Å². The Morgan fingerprint density at radius 3 is 2.79 bits per heavy atom. The SMILES string of the molecule is C=CCC[C@@H](N)c1ccc(CO)o1.Cl. The number of allylic oxidation sites excluding steroid dienone is 1.